The third kappa shape index (κ3) is 4.54. The first kappa shape index (κ1) is 12.9. The van der Waals surface area contributed by atoms with Gasteiger partial charge in [0.1, 0.15) is 5.82 Å². The Hall–Kier alpha value is -1.21. The maximum absolute atomic E-state index is 11.3. The zero-order valence-electron chi connectivity index (χ0n) is 9.40. The number of aromatic nitrogens is 2. The third-order valence-electron chi connectivity index (χ3n) is 1.84. The number of nitrogens with one attached hydrogen (secondary N) is 2. The molecule has 0 aliphatic carbocycles. The number of sulfonamides is 1. The maximum Gasteiger partial charge on any atom is 0.213 e. The quantitative estimate of drug-likeness (QED) is 0.743. The van der Waals surface area contributed by atoms with Crippen molar-refractivity contribution < 1.29 is 8.42 Å². The molecule has 0 unspecified atom stereocenters. The summed E-state index contributed by atoms with van der Waals surface area (Å²) < 4.78 is 25.0. The second-order valence-corrected chi connectivity index (χ2v) is 5.23. The highest BCUT2D eigenvalue weighted by atomic mass is 32.2. The predicted octanol–water partition coefficient (Wildman–Crippen LogP) is 0.136. The van der Waals surface area contributed by atoms with Gasteiger partial charge in [-0.05, 0) is 19.1 Å². The SMILES string of the molecule is CCNS(=O)(=O)CCNc1ccc(C)nn1. The molecule has 0 aliphatic rings. The van der Waals surface area contributed by atoms with E-state index in [0.29, 0.717) is 18.9 Å². The van der Waals surface area contributed by atoms with Crippen LogP contribution in [0.1, 0.15) is 12.6 Å². The Bertz CT molecular complexity index is 416. The molecule has 0 fully saturated rings. The van der Waals surface area contributed by atoms with E-state index >= 15 is 0 Å². The van der Waals surface area contributed by atoms with Crippen LogP contribution < -0.4 is 10.0 Å². The van der Waals surface area contributed by atoms with Crippen molar-refractivity contribution in [1.82, 2.24) is 14.9 Å². The highest BCUT2D eigenvalue weighted by Gasteiger charge is 2.07. The van der Waals surface area contributed by atoms with Gasteiger partial charge in [0.05, 0.1) is 11.4 Å². The number of hydrogen-bond acceptors (Lipinski definition) is 5. The number of aryl methyl sites for hydroxylation is 1. The van der Waals surface area contributed by atoms with Gasteiger partial charge in [0, 0.05) is 13.1 Å². The van der Waals surface area contributed by atoms with Crippen LogP contribution in [0.3, 0.4) is 0 Å². The van der Waals surface area contributed by atoms with Crippen molar-refractivity contribution in [3.63, 3.8) is 0 Å². The van der Waals surface area contributed by atoms with E-state index in [1.54, 1.807) is 13.0 Å². The molecule has 0 aliphatic heterocycles. The van der Waals surface area contributed by atoms with E-state index in [4.69, 9.17) is 0 Å². The van der Waals surface area contributed by atoms with Crippen molar-refractivity contribution in [2.24, 2.45) is 0 Å². The summed E-state index contributed by atoms with van der Waals surface area (Å²) in [4.78, 5) is 0. The lowest BCUT2D eigenvalue weighted by Gasteiger charge is -2.06. The van der Waals surface area contributed by atoms with Crippen molar-refractivity contribution >= 4 is 15.8 Å². The van der Waals surface area contributed by atoms with Crippen molar-refractivity contribution in [2.75, 3.05) is 24.2 Å². The van der Waals surface area contributed by atoms with Gasteiger partial charge in [-0.2, -0.15) is 5.10 Å². The first-order valence-corrected chi connectivity index (χ1v) is 6.70. The average molecular weight is 244 g/mol. The van der Waals surface area contributed by atoms with E-state index in [-0.39, 0.29) is 5.75 Å². The zero-order chi connectivity index (χ0) is 12.0. The predicted molar refractivity (Wildman–Crippen MR) is 62.7 cm³/mol. The molecule has 90 valence electrons. The van der Waals surface area contributed by atoms with Gasteiger partial charge in [0.2, 0.25) is 10.0 Å². The first-order chi connectivity index (χ1) is 7.53. The van der Waals surface area contributed by atoms with Gasteiger partial charge in [-0.15, -0.1) is 5.10 Å². The Labute approximate surface area is 95.5 Å². The molecule has 16 heavy (non-hydrogen) atoms. The molecule has 1 rings (SSSR count). The minimum absolute atomic E-state index is 0.0242. The molecular weight excluding hydrogens is 228 g/mol. The van der Waals surface area contributed by atoms with Crippen molar-refractivity contribution in [2.45, 2.75) is 13.8 Å². The molecule has 0 bridgehead atoms. The molecule has 0 radical (unpaired) electrons. The minimum Gasteiger partial charge on any atom is -0.368 e. The molecule has 0 atom stereocenters. The molecule has 0 saturated heterocycles. The lowest BCUT2D eigenvalue weighted by molar-refractivity contribution is 0.584. The molecule has 0 saturated carbocycles. The number of anilines is 1. The summed E-state index contributed by atoms with van der Waals surface area (Å²) in [5.74, 6) is 0.605. The van der Waals surface area contributed by atoms with Crippen LogP contribution in [0.5, 0.6) is 0 Å². The van der Waals surface area contributed by atoms with Crippen molar-refractivity contribution in [3.05, 3.63) is 17.8 Å². The van der Waals surface area contributed by atoms with Gasteiger partial charge in [0.25, 0.3) is 0 Å². The molecule has 2 N–H and O–H groups in total. The molecule has 7 heteroatoms. The first-order valence-electron chi connectivity index (χ1n) is 5.05. The van der Waals surface area contributed by atoms with Crippen LogP contribution in [0.25, 0.3) is 0 Å². The largest absolute Gasteiger partial charge is 0.368 e. The van der Waals surface area contributed by atoms with E-state index in [1.165, 1.54) is 0 Å². The number of rotatable bonds is 6. The molecular formula is C9H16N4O2S. The van der Waals surface area contributed by atoms with Crippen LogP contribution in [0.4, 0.5) is 5.82 Å². The standard InChI is InChI=1S/C9H16N4O2S/c1-3-11-16(14,15)7-6-10-9-5-4-8(2)12-13-9/h4-5,11H,3,6-7H2,1-2H3,(H,10,13). The van der Waals surface area contributed by atoms with Gasteiger partial charge in [-0.3, -0.25) is 0 Å². The van der Waals surface area contributed by atoms with Gasteiger partial charge in [-0.25, -0.2) is 13.1 Å². The Morgan fingerprint density at radius 3 is 2.62 bits per heavy atom. The van der Waals surface area contributed by atoms with Crippen LogP contribution in [0.2, 0.25) is 0 Å². The lowest BCUT2D eigenvalue weighted by atomic mass is 10.4. The highest BCUT2D eigenvalue weighted by molar-refractivity contribution is 7.89. The van der Waals surface area contributed by atoms with Crippen LogP contribution >= 0.6 is 0 Å². The Kier molecular flexibility index (Phi) is 4.63. The Morgan fingerprint density at radius 1 is 1.31 bits per heavy atom. The third-order valence-corrected chi connectivity index (χ3v) is 3.31. The summed E-state index contributed by atoms with van der Waals surface area (Å²) in [6, 6.07) is 3.58. The van der Waals surface area contributed by atoms with E-state index in [2.05, 4.69) is 20.2 Å². The number of nitrogens with zero attached hydrogens (tertiary/aromatic N) is 2. The summed E-state index contributed by atoms with van der Waals surface area (Å²) in [6.45, 7) is 4.31. The second kappa shape index (κ2) is 5.76. The maximum atomic E-state index is 11.3. The Balaban J connectivity index is 2.39. The van der Waals surface area contributed by atoms with E-state index in [9.17, 15) is 8.42 Å². The minimum atomic E-state index is -3.17. The molecule has 0 spiro atoms. The molecule has 1 heterocycles. The molecule has 6 nitrogen and oxygen atoms in total. The fourth-order valence-electron chi connectivity index (χ4n) is 1.10. The van der Waals surface area contributed by atoms with Crippen LogP contribution in [-0.2, 0) is 10.0 Å². The average Bonchev–Trinajstić information content (AvgIpc) is 2.20. The van der Waals surface area contributed by atoms with Gasteiger partial charge in [-0.1, -0.05) is 6.92 Å². The normalized spacial score (nSPS) is 11.4. The fraction of sp³-hybridized carbons (Fsp3) is 0.556. The zero-order valence-corrected chi connectivity index (χ0v) is 10.2. The highest BCUT2D eigenvalue weighted by Crippen LogP contribution is 2.00. The number of hydrogen-bond donors (Lipinski definition) is 2. The van der Waals surface area contributed by atoms with E-state index in [1.807, 2.05) is 13.0 Å². The summed E-state index contributed by atoms with van der Waals surface area (Å²) in [7, 11) is -3.17. The topological polar surface area (TPSA) is 84.0 Å². The smallest absolute Gasteiger partial charge is 0.213 e. The van der Waals surface area contributed by atoms with Gasteiger partial charge in [0.15, 0.2) is 0 Å². The van der Waals surface area contributed by atoms with E-state index < -0.39 is 10.0 Å². The second-order valence-electron chi connectivity index (χ2n) is 3.30. The van der Waals surface area contributed by atoms with E-state index in [0.717, 1.165) is 5.69 Å². The molecule has 0 amide bonds. The fourth-order valence-corrected chi connectivity index (χ4v) is 2.05. The summed E-state index contributed by atoms with van der Waals surface area (Å²) in [6.07, 6.45) is 0. The molecule has 1 aromatic rings. The Morgan fingerprint density at radius 2 is 2.06 bits per heavy atom. The van der Waals surface area contributed by atoms with Crippen LogP contribution in [-0.4, -0.2) is 37.5 Å². The lowest BCUT2D eigenvalue weighted by Crippen LogP contribution is -2.29. The van der Waals surface area contributed by atoms with Crippen molar-refractivity contribution in [1.29, 1.82) is 0 Å². The van der Waals surface area contributed by atoms with Crippen molar-refractivity contribution in [3.8, 4) is 0 Å². The van der Waals surface area contributed by atoms with Gasteiger partial charge >= 0.3 is 0 Å². The monoisotopic (exact) mass is 244 g/mol. The summed E-state index contributed by atoms with van der Waals surface area (Å²) in [5, 5.41) is 10.6. The molecule has 0 aromatic carbocycles. The molecule has 1 aromatic heterocycles. The van der Waals surface area contributed by atoms with Crippen LogP contribution in [0.15, 0.2) is 12.1 Å². The van der Waals surface area contributed by atoms with Gasteiger partial charge < -0.3 is 5.32 Å². The summed E-state index contributed by atoms with van der Waals surface area (Å²) >= 11 is 0. The summed E-state index contributed by atoms with van der Waals surface area (Å²) in [5.41, 5.74) is 0.825. The van der Waals surface area contributed by atoms with Crippen LogP contribution in [0, 0.1) is 6.92 Å².